The minimum atomic E-state index is -1.03. The molecule has 3 aromatic rings. The molecule has 0 aromatic carbocycles. The predicted molar refractivity (Wildman–Crippen MR) is 70.9 cm³/mol. The molecule has 0 aliphatic rings. The van der Waals surface area contributed by atoms with Gasteiger partial charge >= 0.3 is 5.97 Å². The fourth-order valence-electron chi connectivity index (χ4n) is 1.73. The van der Waals surface area contributed by atoms with Gasteiger partial charge in [-0.1, -0.05) is 0 Å². The normalized spacial score (nSPS) is 10.8. The largest absolute Gasteiger partial charge is 0.478 e. The van der Waals surface area contributed by atoms with E-state index in [2.05, 4.69) is 31.0 Å². The number of aromatic nitrogens is 4. The van der Waals surface area contributed by atoms with Crippen LogP contribution < -0.4 is 0 Å². The van der Waals surface area contributed by atoms with Crippen molar-refractivity contribution < 1.29 is 9.90 Å². The molecule has 0 aliphatic carbocycles. The standard InChI is InChI=1S/C12H7BrN4O2/c13-8-4-7(5-14-6-8)10-15-11-9(12(18)19)2-1-3-17(11)16-10/h1-6H,(H,18,19). The second-order valence-electron chi connectivity index (χ2n) is 3.82. The highest BCUT2D eigenvalue weighted by atomic mass is 79.9. The van der Waals surface area contributed by atoms with Crippen LogP contribution in [0.1, 0.15) is 10.4 Å². The van der Waals surface area contributed by atoms with Crippen LogP contribution >= 0.6 is 15.9 Å². The van der Waals surface area contributed by atoms with Crippen molar-refractivity contribution in [2.75, 3.05) is 0 Å². The maximum absolute atomic E-state index is 11.1. The zero-order valence-electron chi connectivity index (χ0n) is 9.49. The molecule has 0 atom stereocenters. The van der Waals surface area contributed by atoms with Crippen molar-refractivity contribution >= 4 is 27.5 Å². The average molecular weight is 319 g/mol. The van der Waals surface area contributed by atoms with Gasteiger partial charge in [-0.2, -0.15) is 0 Å². The van der Waals surface area contributed by atoms with Crippen LogP contribution in [0.25, 0.3) is 17.0 Å². The Bertz CT molecular complexity index is 784. The smallest absolute Gasteiger partial charge is 0.339 e. The minimum absolute atomic E-state index is 0.115. The zero-order valence-corrected chi connectivity index (χ0v) is 11.1. The number of carboxylic acid groups (broad SMARTS) is 1. The van der Waals surface area contributed by atoms with Crippen LogP contribution in [-0.4, -0.2) is 30.7 Å². The monoisotopic (exact) mass is 318 g/mol. The Balaban J connectivity index is 2.22. The van der Waals surface area contributed by atoms with Crippen molar-refractivity contribution in [2.45, 2.75) is 0 Å². The lowest BCUT2D eigenvalue weighted by Crippen LogP contribution is -2.00. The summed E-state index contributed by atoms with van der Waals surface area (Å²) in [5, 5.41) is 13.4. The third-order valence-corrected chi connectivity index (χ3v) is 2.99. The number of rotatable bonds is 2. The minimum Gasteiger partial charge on any atom is -0.478 e. The van der Waals surface area contributed by atoms with E-state index < -0.39 is 5.97 Å². The molecule has 0 unspecified atom stereocenters. The van der Waals surface area contributed by atoms with E-state index in [1.165, 1.54) is 10.6 Å². The molecule has 19 heavy (non-hydrogen) atoms. The molecule has 0 amide bonds. The topological polar surface area (TPSA) is 80.4 Å². The molecule has 0 spiro atoms. The molecule has 1 N–H and O–H groups in total. The maximum atomic E-state index is 11.1. The Hall–Kier alpha value is -2.28. The van der Waals surface area contributed by atoms with Gasteiger partial charge in [-0.25, -0.2) is 14.3 Å². The van der Waals surface area contributed by atoms with Crippen molar-refractivity contribution in [3.05, 3.63) is 46.8 Å². The maximum Gasteiger partial charge on any atom is 0.339 e. The summed E-state index contributed by atoms with van der Waals surface area (Å²) < 4.78 is 2.25. The highest BCUT2D eigenvalue weighted by Gasteiger charge is 2.14. The summed E-state index contributed by atoms with van der Waals surface area (Å²) >= 11 is 3.32. The van der Waals surface area contributed by atoms with Gasteiger partial charge in [-0.3, -0.25) is 4.98 Å². The predicted octanol–water partition coefficient (Wildman–Crippen LogP) is 2.25. The fraction of sp³-hybridized carbons (Fsp3) is 0. The fourth-order valence-corrected chi connectivity index (χ4v) is 2.09. The number of hydrogen-bond acceptors (Lipinski definition) is 4. The quantitative estimate of drug-likeness (QED) is 0.783. The first-order chi connectivity index (χ1) is 9.15. The van der Waals surface area contributed by atoms with Crippen LogP contribution in [-0.2, 0) is 0 Å². The number of fused-ring (bicyclic) bond motifs is 1. The highest BCUT2D eigenvalue weighted by Crippen LogP contribution is 2.20. The lowest BCUT2D eigenvalue weighted by atomic mass is 10.2. The molecule has 0 radical (unpaired) electrons. The molecule has 3 heterocycles. The van der Waals surface area contributed by atoms with Crippen LogP contribution in [0.15, 0.2) is 41.3 Å². The van der Waals surface area contributed by atoms with Crippen molar-refractivity contribution in [1.82, 2.24) is 19.6 Å². The van der Waals surface area contributed by atoms with Crippen LogP contribution in [0.5, 0.6) is 0 Å². The average Bonchev–Trinajstić information content (AvgIpc) is 2.82. The molecule has 6 nitrogen and oxygen atoms in total. The number of nitrogens with zero attached hydrogens (tertiary/aromatic N) is 4. The van der Waals surface area contributed by atoms with Crippen molar-refractivity contribution in [3.8, 4) is 11.4 Å². The van der Waals surface area contributed by atoms with E-state index in [9.17, 15) is 4.79 Å². The molecular weight excluding hydrogens is 312 g/mol. The Labute approximate surface area is 115 Å². The van der Waals surface area contributed by atoms with Gasteiger partial charge in [0.25, 0.3) is 0 Å². The van der Waals surface area contributed by atoms with Crippen LogP contribution in [0, 0.1) is 0 Å². The molecule has 0 aliphatic heterocycles. The molecule has 7 heteroatoms. The van der Waals surface area contributed by atoms with Crippen LogP contribution in [0.3, 0.4) is 0 Å². The number of halogens is 1. The number of carbonyl (C=O) groups is 1. The van der Waals surface area contributed by atoms with Gasteiger partial charge in [0.15, 0.2) is 11.5 Å². The molecule has 0 fully saturated rings. The Kier molecular flexibility index (Phi) is 2.75. The highest BCUT2D eigenvalue weighted by molar-refractivity contribution is 9.10. The Morgan fingerprint density at radius 1 is 1.37 bits per heavy atom. The van der Waals surface area contributed by atoms with Crippen molar-refractivity contribution in [2.24, 2.45) is 0 Å². The number of pyridine rings is 2. The van der Waals surface area contributed by atoms with Gasteiger partial charge in [0.1, 0.15) is 5.56 Å². The lowest BCUT2D eigenvalue weighted by Gasteiger charge is -1.94. The van der Waals surface area contributed by atoms with Gasteiger partial charge in [-0.05, 0) is 34.1 Å². The summed E-state index contributed by atoms with van der Waals surface area (Å²) in [6, 6.07) is 4.94. The Morgan fingerprint density at radius 3 is 2.95 bits per heavy atom. The molecular formula is C12H7BrN4O2. The summed E-state index contributed by atoms with van der Waals surface area (Å²) in [6.45, 7) is 0. The molecule has 0 saturated carbocycles. The first kappa shape index (κ1) is 11.8. The second kappa shape index (κ2) is 4.43. The van der Waals surface area contributed by atoms with Gasteiger partial charge in [0, 0.05) is 28.6 Å². The molecule has 94 valence electrons. The van der Waals surface area contributed by atoms with E-state index in [0.29, 0.717) is 11.5 Å². The van der Waals surface area contributed by atoms with Crippen molar-refractivity contribution in [1.29, 1.82) is 0 Å². The molecule has 0 bridgehead atoms. The van der Waals surface area contributed by atoms with Crippen molar-refractivity contribution in [3.63, 3.8) is 0 Å². The molecule has 0 saturated heterocycles. The molecule has 3 rings (SSSR count). The summed E-state index contributed by atoms with van der Waals surface area (Å²) in [4.78, 5) is 19.4. The van der Waals surface area contributed by atoms with E-state index in [1.54, 1.807) is 24.7 Å². The van der Waals surface area contributed by atoms with E-state index in [4.69, 9.17) is 5.11 Å². The van der Waals surface area contributed by atoms with E-state index in [0.717, 1.165) is 10.0 Å². The summed E-state index contributed by atoms with van der Waals surface area (Å²) in [5.41, 5.74) is 1.14. The van der Waals surface area contributed by atoms with Crippen LogP contribution in [0.2, 0.25) is 0 Å². The number of hydrogen-bond donors (Lipinski definition) is 1. The summed E-state index contributed by atoms with van der Waals surface area (Å²) in [5.74, 6) is -0.598. The molecule has 3 aromatic heterocycles. The van der Waals surface area contributed by atoms with Crippen LogP contribution in [0.4, 0.5) is 0 Å². The van der Waals surface area contributed by atoms with E-state index in [-0.39, 0.29) is 5.56 Å². The van der Waals surface area contributed by atoms with Gasteiger partial charge in [0.05, 0.1) is 0 Å². The van der Waals surface area contributed by atoms with Gasteiger partial charge in [0.2, 0.25) is 0 Å². The number of carboxylic acids is 1. The lowest BCUT2D eigenvalue weighted by molar-refractivity contribution is 0.0698. The number of aromatic carboxylic acids is 1. The van der Waals surface area contributed by atoms with E-state index >= 15 is 0 Å². The van der Waals surface area contributed by atoms with E-state index in [1.807, 2.05) is 6.07 Å². The second-order valence-corrected chi connectivity index (χ2v) is 4.74. The summed E-state index contributed by atoms with van der Waals surface area (Å²) in [7, 11) is 0. The SMILES string of the molecule is O=C(O)c1cccn2nc(-c3cncc(Br)c3)nc12. The van der Waals surface area contributed by atoms with Gasteiger partial charge < -0.3 is 5.11 Å². The first-order valence-corrected chi connectivity index (χ1v) is 6.14. The third kappa shape index (κ3) is 2.08. The zero-order chi connectivity index (χ0) is 13.4. The summed E-state index contributed by atoms with van der Waals surface area (Å²) in [6.07, 6.45) is 4.94. The first-order valence-electron chi connectivity index (χ1n) is 5.35. The Morgan fingerprint density at radius 2 is 2.21 bits per heavy atom. The van der Waals surface area contributed by atoms with Gasteiger partial charge in [-0.15, -0.1) is 5.10 Å². The third-order valence-electron chi connectivity index (χ3n) is 2.56.